The predicted octanol–water partition coefficient (Wildman–Crippen LogP) is 1.89. The molecule has 128 valence electrons. The van der Waals surface area contributed by atoms with E-state index in [0.29, 0.717) is 18.9 Å². The number of nitrogens with zero attached hydrogens (tertiary/aromatic N) is 1. The van der Waals surface area contributed by atoms with Crippen LogP contribution < -0.4 is 5.32 Å². The molecule has 1 aliphatic heterocycles. The van der Waals surface area contributed by atoms with E-state index < -0.39 is 12.0 Å². The van der Waals surface area contributed by atoms with Gasteiger partial charge in [-0.1, -0.05) is 30.6 Å². The van der Waals surface area contributed by atoms with E-state index >= 15 is 0 Å². The molecule has 1 heterocycles. The molecule has 1 aromatic rings. The highest BCUT2D eigenvalue weighted by Crippen LogP contribution is 2.29. The van der Waals surface area contributed by atoms with E-state index in [2.05, 4.69) is 34.5 Å². The van der Waals surface area contributed by atoms with Crippen LogP contribution in [0.5, 0.6) is 0 Å². The van der Waals surface area contributed by atoms with Gasteiger partial charge >= 0.3 is 5.97 Å². The van der Waals surface area contributed by atoms with Gasteiger partial charge in [-0.25, -0.2) is 0 Å². The summed E-state index contributed by atoms with van der Waals surface area (Å²) in [5.41, 5.74) is 2.97. The van der Waals surface area contributed by atoms with Gasteiger partial charge in [0.05, 0.1) is 7.85 Å². The van der Waals surface area contributed by atoms with Crippen LogP contribution in [-0.2, 0) is 17.6 Å². The third-order valence-electron chi connectivity index (χ3n) is 5.60. The molecule has 24 heavy (non-hydrogen) atoms. The van der Waals surface area contributed by atoms with Crippen LogP contribution in [0.3, 0.4) is 0 Å². The Labute approximate surface area is 146 Å². The molecule has 3 rings (SSSR count). The van der Waals surface area contributed by atoms with E-state index in [0.717, 1.165) is 45.2 Å². The number of carboxylic acid groups (broad SMARTS) is 1. The minimum atomic E-state index is -0.723. The molecule has 1 aromatic carbocycles. The highest BCUT2D eigenvalue weighted by atomic mass is 16.4. The summed E-state index contributed by atoms with van der Waals surface area (Å²) in [6.07, 6.45) is 5.61. The summed E-state index contributed by atoms with van der Waals surface area (Å²) < 4.78 is 0. The Hall–Kier alpha value is -1.33. The number of piperidine rings is 1. The second-order valence-corrected chi connectivity index (χ2v) is 7.12. The van der Waals surface area contributed by atoms with E-state index in [1.54, 1.807) is 0 Å². The van der Waals surface area contributed by atoms with Crippen molar-refractivity contribution in [1.82, 2.24) is 10.2 Å². The van der Waals surface area contributed by atoms with Gasteiger partial charge in [0.2, 0.25) is 0 Å². The van der Waals surface area contributed by atoms with E-state index in [1.165, 1.54) is 11.1 Å². The number of benzene rings is 1. The van der Waals surface area contributed by atoms with Crippen LogP contribution >= 0.6 is 0 Å². The molecule has 1 unspecified atom stereocenters. The maximum atomic E-state index is 11.6. The van der Waals surface area contributed by atoms with Gasteiger partial charge in [-0.15, -0.1) is 0 Å². The number of aliphatic carboxylic acids is 1. The van der Waals surface area contributed by atoms with Crippen LogP contribution in [0.25, 0.3) is 0 Å². The summed E-state index contributed by atoms with van der Waals surface area (Å²) >= 11 is 0. The van der Waals surface area contributed by atoms with Crippen LogP contribution in [0.15, 0.2) is 24.3 Å². The van der Waals surface area contributed by atoms with Crippen molar-refractivity contribution >= 4 is 13.8 Å². The van der Waals surface area contributed by atoms with Crippen LogP contribution in [0.2, 0.25) is 6.32 Å². The second-order valence-electron chi connectivity index (χ2n) is 7.12. The molecule has 4 nitrogen and oxygen atoms in total. The first-order valence-electron chi connectivity index (χ1n) is 9.16. The fourth-order valence-corrected chi connectivity index (χ4v) is 4.23. The SMILES string of the molecule is [B]CCCNC(C(=O)O)C1CCN(C2Cc3ccccc3C2)CC1. The van der Waals surface area contributed by atoms with E-state index in [9.17, 15) is 9.90 Å². The van der Waals surface area contributed by atoms with Crippen molar-refractivity contribution in [1.29, 1.82) is 0 Å². The first-order valence-corrected chi connectivity index (χ1v) is 9.16. The molecule has 0 saturated carbocycles. The monoisotopic (exact) mass is 326 g/mol. The number of rotatable bonds is 7. The molecule has 1 fully saturated rings. The largest absolute Gasteiger partial charge is 0.480 e. The zero-order valence-electron chi connectivity index (χ0n) is 14.3. The average molecular weight is 326 g/mol. The Bertz CT molecular complexity index is 533. The number of carboxylic acids is 1. The third-order valence-corrected chi connectivity index (χ3v) is 5.60. The molecular formula is C19H27BN2O2. The lowest BCUT2D eigenvalue weighted by molar-refractivity contribution is -0.141. The lowest BCUT2D eigenvalue weighted by Gasteiger charge is -2.38. The van der Waals surface area contributed by atoms with Crippen molar-refractivity contribution in [2.75, 3.05) is 19.6 Å². The Morgan fingerprint density at radius 3 is 2.42 bits per heavy atom. The molecule has 2 radical (unpaired) electrons. The highest BCUT2D eigenvalue weighted by Gasteiger charge is 2.34. The minimum Gasteiger partial charge on any atom is -0.480 e. The molecule has 0 bridgehead atoms. The molecule has 0 aromatic heterocycles. The lowest BCUT2D eigenvalue weighted by atomic mass is 9.88. The van der Waals surface area contributed by atoms with Gasteiger partial charge in [0.1, 0.15) is 6.04 Å². The minimum absolute atomic E-state index is 0.223. The van der Waals surface area contributed by atoms with Crippen molar-refractivity contribution in [2.45, 2.75) is 50.5 Å². The van der Waals surface area contributed by atoms with E-state index in [1.807, 2.05) is 0 Å². The summed E-state index contributed by atoms with van der Waals surface area (Å²) in [5, 5.41) is 12.7. The Kier molecular flexibility index (Phi) is 5.96. The van der Waals surface area contributed by atoms with Crippen molar-refractivity contribution in [2.24, 2.45) is 5.92 Å². The molecule has 2 N–H and O–H groups in total. The molecule has 0 amide bonds. The van der Waals surface area contributed by atoms with Crippen LogP contribution in [0.1, 0.15) is 30.4 Å². The van der Waals surface area contributed by atoms with Crippen molar-refractivity contribution in [3.05, 3.63) is 35.4 Å². The van der Waals surface area contributed by atoms with Gasteiger partial charge in [-0.2, -0.15) is 0 Å². The fourth-order valence-electron chi connectivity index (χ4n) is 4.23. The smallest absolute Gasteiger partial charge is 0.320 e. The molecule has 1 atom stereocenters. The Morgan fingerprint density at radius 1 is 1.25 bits per heavy atom. The predicted molar refractivity (Wildman–Crippen MR) is 96.5 cm³/mol. The van der Waals surface area contributed by atoms with Gasteiger partial charge < -0.3 is 10.4 Å². The maximum Gasteiger partial charge on any atom is 0.320 e. The van der Waals surface area contributed by atoms with E-state index in [-0.39, 0.29) is 5.92 Å². The van der Waals surface area contributed by atoms with Gasteiger partial charge in [-0.05, 0) is 68.8 Å². The first-order chi connectivity index (χ1) is 11.7. The number of nitrogens with one attached hydrogen (secondary N) is 1. The van der Waals surface area contributed by atoms with Gasteiger partial charge in [0.15, 0.2) is 0 Å². The number of fused-ring (bicyclic) bond motifs is 1. The Morgan fingerprint density at radius 2 is 1.88 bits per heavy atom. The molecular weight excluding hydrogens is 299 g/mol. The molecule has 0 spiro atoms. The van der Waals surface area contributed by atoms with E-state index in [4.69, 9.17) is 7.85 Å². The van der Waals surface area contributed by atoms with Gasteiger partial charge in [0.25, 0.3) is 0 Å². The number of hydrogen-bond acceptors (Lipinski definition) is 3. The fraction of sp³-hybridized carbons (Fsp3) is 0.632. The Balaban J connectivity index is 1.51. The summed E-state index contributed by atoms with van der Waals surface area (Å²) in [6.45, 7) is 2.70. The summed E-state index contributed by atoms with van der Waals surface area (Å²) in [6, 6.07) is 8.89. The number of hydrogen-bond donors (Lipinski definition) is 2. The molecule has 2 aliphatic rings. The maximum absolute atomic E-state index is 11.6. The van der Waals surface area contributed by atoms with Crippen molar-refractivity contribution < 1.29 is 9.90 Å². The topological polar surface area (TPSA) is 52.6 Å². The molecule has 1 aliphatic carbocycles. The van der Waals surface area contributed by atoms with Crippen LogP contribution in [-0.4, -0.2) is 55.5 Å². The van der Waals surface area contributed by atoms with Crippen molar-refractivity contribution in [3.63, 3.8) is 0 Å². The van der Waals surface area contributed by atoms with Gasteiger partial charge in [0, 0.05) is 6.04 Å². The summed E-state index contributed by atoms with van der Waals surface area (Å²) in [5.74, 6) is -0.501. The molecule has 1 saturated heterocycles. The zero-order valence-corrected chi connectivity index (χ0v) is 14.3. The number of likely N-dealkylation sites (tertiary alicyclic amines) is 1. The highest BCUT2D eigenvalue weighted by molar-refractivity contribution is 6.08. The third kappa shape index (κ3) is 4.01. The lowest BCUT2D eigenvalue weighted by Crippen LogP contribution is -2.49. The first kappa shape index (κ1) is 17.5. The normalized spacial score (nSPS) is 20.8. The average Bonchev–Trinajstić information content (AvgIpc) is 3.03. The summed E-state index contributed by atoms with van der Waals surface area (Å²) in [4.78, 5) is 14.1. The quantitative estimate of drug-likeness (QED) is 0.593. The number of carbonyl (C=O) groups is 1. The second kappa shape index (κ2) is 8.17. The zero-order chi connectivity index (χ0) is 16.9. The van der Waals surface area contributed by atoms with Crippen molar-refractivity contribution in [3.8, 4) is 0 Å². The standard InChI is InChI=1S/C19H27BN2O2/c20-8-3-9-21-18(19(23)24)14-6-10-22(11-7-14)17-12-15-4-1-2-5-16(15)13-17/h1-2,4-5,14,17-18,21H,3,6-13H2,(H,23,24). The van der Waals surface area contributed by atoms with Crippen LogP contribution in [0, 0.1) is 5.92 Å². The molecule has 5 heteroatoms. The van der Waals surface area contributed by atoms with Gasteiger partial charge in [-0.3, -0.25) is 9.69 Å². The van der Waals surface area contributed by atoms with Crippen LogP contribution in [0.4, 0.5) is 0 Å². The summed E-state index contributed by atoms with van der Waals surface area (Å²) in [7, 11) is 5.50.